The normalized spacial score (nSPS) is 17.7. The first-order chi connectivity index (χ1) is 14.2. The van der Waals surface area contributed by atoms with Crippen LogP contribution in [0.15, 0.2) is 36.7 Å². The lowest BCUT2D eigenvalue weighted by Gasteiger charge is -2.31. The molecule has 0 amide bonds. The van der Waals surface area contributed by atoms with Gasteiger partial charge < -0.3 is 19.7 Å². The number of esters is 1. The fraction of sp³-hybridized carbons (Fsp3) is 0.500. The number of methoxy groups -OCH3 is 1. The van der Waals surface area contributed by atoms with Crippen molar-refractivity contribution < 1.29 is 14.3 Å². The first-order valence-corrected chi connectivity index (χ1v) is 10.3. The zero-order chi connectivity index (χ0) is 20.1. The third kappa shape index (κ3) is 5.23. The smallest absolute Gasteiger partial charge is 0.306 e. The van der Waals surface area contributed by atoms with Crippen LogP contribution in [0.3, 0.4) is 0 Å². The molecule has 0 spiro atoms. The molecule has 1 aliphatic heterocycles. The van der Waals surface area contributed by atoms with Gasteiger partial charge in [0.15, 0.2) is 0 Å². The van der Waals surface area contributed by atoms with Crippen molar-refractivity contribution in [2.24, 2.45) is 0 Å². The maximum absolute atomic E-state index is 11.3. The molecule has 2 heterocycles. The van der Waals surface area contributed by atoms with Crippen LogP contribution in [0.4, 0.5) is 5.82 Å². The van der Waals surface area contributed by atoms with Gasteiger partial charge in [-0.2, -0.15) is 0 Å². The lowest BCUT2D eigenvalue weighted by Crippen LogP contribution is -2.39. The molecular weight excluding hydrogens is 368 g/mol. The highest BCUT2D eigenvalue weighted by molar-refractivity contribution is 5.69. The standard InChI is InChI=1S/C22H28N4O3/c1-28-22(27)8-11-26-9-6-19(7-10-26)29-21-14-20(23-15-24-21)25-18-12-16-4-2-3-5-17(16)13-18/h2-5,14-15,18-19H,6-13H2,1H3,(H,23,24,25). The highest BCUT2D eigenvalue weighted by atomic mass is 16.5. The molecule has 1 aliphatic carbocycles. The van der Waals surface area contributed by atoms with Crippen LogP contribution < -0.4 is 10.1 Å². The maximum atomic E-state index is 11.3. The third-order valence-electron chi connectivity index (χ3n) is 5.73. The number of piperidine rings is 1. The zero-order valence-corrected chi connectivity index (χ0v) is 16.8. The number of hydrogen-bond acceptors (Lipinski definition) is 7. The van der Waals surface area contributed by atoms with Gasteiger partial charge in [0.05, 0.1) is 13.5 Å². The number of likely N-dealkylation sites (tertiary alicyclic amines) is 1. The molecule has 0 atom stereocenters. The summed E-state index contributed by atoms with van der Waals surface area (Å²) in [5.74, 6) is 1.27. The average molecular weight is 396 g/mol. The van der Waals surface area contributed by atoms with E-state index in [0.29, 0.717) is 18.3 Å². The van der Waals surface area contributed by atoms with Gasteiger partial charge in [0.2, 0.25) is 5.88 Å². The van der Waals surface area contributed by atoms with Gasteiger partial charge in [-0.25, -0.2) is 9.97 Å². The monoisotopic (exact) mass is 396 g/mol. The van der Waals surface area contributed by atoms with Gasteiger partial charge in [-0.05, 0) is 36.8 Å². The third-order valence-corrected chi connectivity index (χ3v) is 5.73. The number of rotatable bonds is 7. The van der Waals surface area contributed by atoms with E-state index in [1.807, 2.05) is 6.07 Å². The Bertz CT molecular complexity index is 811. The molecule has 0 unspecified atom stereocenters. The molecule has 1 aromatic carbocycles. The van der Waals surface area contributed by atoms with Gasteiger partial charge in [0.1, 0.15) is 18.2 Å². The Kier molecular flexibility index (Phi) is 6.24. The Balaban J connectivity index is 1.25. The Morgan fingerprint density at radius 2 is 1.90 bits per heavy atom. The van der Waals surface area contributed by atoms with Crippen molar-refractivity contribution in [3.8, 4) is 5.88 Å². The minimum absolute atomic E-state index is 0.142. The number of carbonyl (C=O) groups excluding carboxylic acids is 1. The highest BCUT2D eigenvalue weighted by Gasteiger charge is 2.23. The number of carbonyl (C=O) groups is 1. The number of hydrogen-bond donors (Lipinski definition) is 1. The number of nitrogens with one attached hydrogen (secondary N) is 1. The van der Waals surface area contributed by atoms with Crippen LogP contribution in [-0.4, -0.2) is 59.7 Å². The Hall–Kier alpha value is -2.67. The van der Waals surface area contributed by atoms with Gasteiger partial charge in [-0.1, -0.05) is 24.3 Å². The number of fused-ring (bicyclic) bond motifs is 1. The maximum Gasteiger partial charge on any atom is 0.306 e. The Morgan fingerprint density at radius 3 is 2.59 bits per heavy atom. The van der Waals surface area contributed by atoms with Crippen molar-refractivity contribution >= 4 is 11.8 Å². The summed E-state index contributed by atoms with van der Waals surface area (Å²) >= 11 is 0. The van der Waals surface area contributed by atoms with Gasteiger partial charge in [-0.3, -0.25) is 4.79 Å². The van der Waals surface area contributed by atoms with E-state index in [1.165, 1.54) is 18.2 Å². The van der Waals surface area contributed by atoms with E-state index in [-0.39, 0.29) is 12.1 Å². The fourth-order valence-electron chi connectivity index (χ4n) is 4.13. The van der Waals surface area contributed by atoms with Gasteiger partial charge in [-0.15, -0.1) is 0 Å². The van der Waals surface area contributed by atoms with Crippen LogP contribution in [0.2, 0.25) is 0 Å². The van der Waals surface area contributed by atoms with Crippen molar-refractivity contribution in [3.05, 3.63) is 47.8 Å². The van der Waals surface area contributed by atoms with Crippen LogP contribution in [0.1, 0.15) is 30.4 Å². The van der Waals surface area contributed by atoms with Crippen molar-refractivity contribution in [2.45, 2.75) is 44.2 Å². The van der Waals surface area contributed by atoms with Crippen LogP contribution in [0, 0.1) is 0 Å². The first-order valence-electron chi connectivity index (χ1n) is 10.3. The molecule has 0 saturated carbocycles. The van der Waals surface area contributed by atoms with Crippen LogP contribution >= 0.6 is 0 Å². The Labute approximate surface area is 171 Å². The van der Waals surface area contributed by atoms with Crippen molar-refractivity contribution in [2.75, 3.05) is 32.1 Å². The average Bonchev–Trinajstić information content (AvgIpc) is 3.15. The fourth-order valence-corrected chi connectivity index (χ4v) is 4.13. The van der Waals surface area contributed by atoms with Crippen molar-refractivity contribution in [3.63, 3.8) is 0 Å². The van der Waals surface area contributed by atoms with E-state index < -0.39 is 0 Å². The SMILES string of the molecule is COC(=O)CCN1CCC(Oc2cc(NC3Cc4ccccc4C3)ncn2)CC1. The van der Waals surface area contributed by atoms with Crippen LogP contribution in [0.5, 0.6) is 5.88 Å². The molecule has 1 fully saturated rings. The second-order valence-corrected chi connectivity index (χ2v) is 7.74. The lowest BCUT2D eigenvalue weighted by molar-refractivity contribution is -0.141. The molecule has 2 aliphatic rings. The minimum Gasteiger partial charge on any atom is -0.474 e. The van der Waals surface area contributed by atoms with Crippen molar-refractivity contribution in [1.82, 2.24) is 14.9 Å². The molecule has 7 heteroatoms. The van der Waals surface area contributed by atoms with E-state index in [4.69, 9.17) is 9.47 Å². The molecule has 2 aromatic rings. The summed E-state index contributed by atoms with van der Waals surface area (Å²) in [4.78, 5) is 22.2. The van der Waals surface area contributed by atoms with Crippen LogP contribution in [0.25, 0.3) is 0 Å². The minimum atomic E-state index is -0.158. The zero-order valence-electron chi connectivity index (χ0n) is 16.8. The number of anilines is 1. The predicted octanol–water partition coefficient (Wildman–Crippen LogP) is 2.46. The molecule has 0 radical (unpaired) electrons. The number of aromatic nitrogens is 2. The first kappa shape index (κ1) is 19.6. The molecular formula is C22H28N4O3. The van der Waals surface area contributed by atoms with Crippen LogP contribution in [-0.2, 0) is 22.4 Å². The molecule has 154 valence electrons. The number of benzene rings is 1. The van der Waals surface area contributed by atoms with E-state index in [0.717, 1.165) is 51.1 Å². The quantitative estimate of drug-likeness (QED) is 0.721. The summed E-state index contributed by atoms with van der Waals surface area (Å²) in [6.07, 6.45) is 6.01. The summed E-state index contributed by atoms with van der Waals surface area (Å²) in [6, 6.07) is 10.8. The van der Waals surface area contributed by atoms with E-state index in [2.05, 4.69) is 44.5 Å². The van der Waals surface area contributed by atoms with E-state index in [9.17, 15) is 4.79 Å². The highest BCUT2D eigenvalue weighted by Crippen LogP contribution is 2.25. The molecule has 4 rings (SSSR count). The summed E-state index contributed by atoms with van der Waals surface area (Å²) < 4.78 is 10.8. The summed E-state index contributed by atoms with van der Waals surface area (Å²) in [6.45, 7) is 2.57. The van der Waals surface area contributed by atoms with Gasteiger partial charge >= 0.3 is 5.97 Å². The largest absolute Gasteiger partial charge is 0.474 e. The lowest BCUT2D eigenvalue weighted by atomic mass is 10.1. The summed E-state index contributed by atoms with van der Waals surface area (Å²) in [7, 11) is 1.43. The van der Waals surface area contributed by atoms with Gasteiger partial charge in [0.25, 0.3) is 0 Å². The molecule has 7 nitrogen and oxygen atoms in total. The van der Waals surface area contributed by atoms with E-state index in [1.54, 1.807) is 6.33 Å². The summed E-state index contributed by atoms with van der Waals surface area (Å²) in [5, 5.41) is 3.52. The molecule has 29 heavy (non-hydrogen) atoms. The summed E-state index contributed by atoms with van der Waals surface area (Å²) in [5.41, 5.74) is 2.82. The number of nitrogens with zero attached hydrogens (tertiary/aromatic N) is 3. The van der Waals surface area contributed by atoms with Gasteiger partial charge in [0, 0.05) is 31.7 Å². The topological polar surface area (TPSA) is 76.6 Å². The molecule has 1 saturated heterocycles. The predicted molar refractivity (Wildman–Crippen MR) is 110 cm³/mol. The second kappa shape index (κ2) is 9.22. The number of ether oxygens (including phenoxy) is 2. The molecule has 1 N–H and O–H groups in total. The van der Waals surface area contributed by atoms with Crippen molar-refractivity contribution in [1.29, 1.82) is 0 Å². The van der Waals surface area contributed by atoms with E-state index >= 15 is 0 Å². The molecule has 0 bridgehead atoms. The molecule has 1 aromatic heterocycles. The second-order valence-electron chi connectivity index (χ2n) is 7.74. The Morgan fingerprint density at radius 1 is 1.17 bits per heavy atom.